The molecule has 84 valence electrons. The number of rotatable bonds is 3. The Morgan fingerprint density at radius 2 is 2.12 bits per heavy atom. The van der Waals surface area contributed by atoms with Gasteiger partial charge in [0.25, 0.3) is 0 Å². The van der Waals surface area contributed by atoms with E-state index in [-0.39, 0.29) is 12.0 Å². The van der Waals surface area contributed by atoms with Crippen molar-refractivity contribution >= 4 is 6.29 Å². The van der Waals surface area contributed by atoms with Crippen molar-refractivity contribution in [2.24, 2.45) is 0 Å². The Kier molecular flexibility index (Phi) is 3.73. The predicted octanol–water partition coefficient (Wildman–Crippen LogP) is 2.81. The van der Waals surface area contributed by atoms with Gasteiger partial charge >= 0.3 is 0 Å². The zero-order valence-corrected chi connectivity index (χ0v) is 9.91. The van der Waals surface area contributed by atoms with Crippen molar-refractivity contribution in [3.05, 3.63) is 29.3 Å². The first kappa shape index (κ1) is 12.3. The van der Waals surface area contributed by atoms with Crippen LogP contribution in [0.4, 0.5) is 0 Å². The second-order valence-electron chi connectivity index (χ2n) is 4.61. The van der Waals surface area contributed by atoms with Crippen molar-refractivity contribution in [3.8, 4) is 18.1 Å². The molecule has 2 nitrogen and oxygen atoms in total. The van der Waals surface area contributed by atoms with Crippen LogP contribution in [0.5, 0.6) is 5.75 Å². The molecule has 0 aliphatic carbocycles. The highest BCUT2D eigenvalue weighted by Crippen LogP contribution is 2.27. The second kappa shape index (κ2) is 4.85. The van der Waals surface area contributed by atoms with Gasteiger partial charge in [0.15, 0.2) is 6.29 Å². The van der Waals surface area contributed by atoms with Crippen LogP contribution in [0.1, 0.15) is 36.7 Å². The summed E-state index contributed by atoms with van der Waals surface area (Å²) in [4.78, 5) is 10.9. The van der Waals surface area contributed by atoms with Crippen LogP contribution in [0.2, 0.25) is 0 Å². The molecule has 0 aromatic heterocycles. The molecule has 0 heterocycles. The van der Waals surface area contributed by atoms with Crippen LogP contribution in [0.25, 0.3) is 0 Å². The van der Waals surface area contributed by atoms with Crippen LogP contribution in [-0.4, -0.2) is 12.9 Å². The van der Waals surface area contributed by atoms with Gasteiger partial charge in [0.2, 0.25) is 0 Å². The summed E-state index contributed by atoms with van der Waals surface area (Å²) in [6, 6.07) is 5.60. The van der Waals surface area contributed by atoms with Gasteiger partial charge in [-0.15, -0.1) is 6.42 Å². The third kappa shape index (κ3) is 2.87. The van der Waals surface area contributed by atoms with Crippen LogP contribution < -0.4 is 4.74 Å². The van der Waals surface area contributed by atoms with Crippen molar-refractivity contribution in [1.29, 1.82) is 0 Å². The minimum atomic E-state index is 0.0163. The summed E-state index contributed by atoms with van der Waals surface area (Å²) >= 11 is 0. The first-order chi connectivity index (χ1) is 7.49. The van der Waals surface area contributed by atoms with E-state index < -0.39 is 0 Å². The molecule has 1 aromatic carbocycles. The van der Waals surface area contributed by atoms with Crippen molar-refractivity contribution in [3.63, 3.8) is 0 Å². The van der Waals surface area contributed by atoms with Gasteiger partial charge in [-0.2, -0.15) is 0 Å². The molecule has 0 fully saturated rings. The lowest BCUT2D eigenvalue weighted by atomic mass is 9.86. The average molecular weight is 216 g/mol. The van der Waals surface area contributed by atoms with Crippen molar-refractivity contribution in [1.82, 2.24) is 0 Å². The molecule has 0 unspecified atom stereocenters. The van der Waals surface area contributed by atoms with E-state index in [9.17, 15) is 4.79 Å². The first-order valence-electron chi connectivity index (χ1n) is 5.15. The van der Waals surface area contributed by atoms with E-state index in [2.05, 4.69) is 26.7 Å². The van der Waals surface area contributed by atoms with Crippen molar-refractivity contribution in [2.75, 3.05) is 6.61 Å². The Morgan fingerprint density at radius 1 is 1.44 bits per heavy atom. The van der Waals surface area contributed by atoms with Gasteiger partial charge in [-0.3, -0.25) is 4.79 Å². The lowest BCUT2D eigenvalue weighted by Crippen LogP contribution is -2.11. The third-order valence-electron chi connectivity index (χ3n) is 2.31. The van der Waals surface area contributed by atoms with E-state index in [4.69, 9.17) is 11.2 Å². The standard InChI is InChI=1S/C14H16O2/c1-5-8-16-13-7-6-12(14(2,3)4)9-11(13)10-15/h1,6-7,9-10H,8H2,2-4H3. The molecular formula is C14H16O2. The molecule has 16 heavy (non-hydrogen) atoms. The minimum absolute atomic E-state index is 0.0163. The maximum atomic E-state index is 10.9. The van der Waals surface area contributed by atoms with E-state index in [1.165, 1.54) is 0 Å². The number of ether oxygens (including phenoxy) is 1. The summed E-state index contributed by atoms with van der Waals surface area (Å²) in [6.45, 7) is 6.46. The van der Waals surface area contributed by atoms with Gasteiger partial charge in [-0.25, -0.2) is 0 Å². The number of hydrogen-bond acceptors (Lipinski definition) is 2. The highest BCUT2D eigenvalue weighted by Gasteiger charge is 2.15. The molecule has 0 bridgehead atoms. The smallest absolute Gasteiger partial charge is 0.153 e. The summed E-state index contributed by atoms with van der Waals surface area (Å²) < 4.78 is 5.28. The van der Waals surface area contributed by atoms with Gasteiger partial charge in [-0.1, -0.05) is 32.8 Å². The van der Waals surface area contributed by atoms with Gasteiger partial charge in [-0.05, 0) is 23.1 Å². The monoisotopic (exact) mass is 216 g/mol. The number of hydrogen-bond donors (Lipinski definition) is 0. The quantitative estimate of drug-likeness (QED) is 0.573. The lowest BCUT2D eigenvalue weighted by molar-refractivity contribution is 0.112. The van der Waals surface area contributed by atoms with E-state index in [0.29, 0.717) is 11.3 Å². The van der Waals surface area contributed by atoms with E-state index in [1.54, 1.807) is 6.07 Å². The summed E-state index contributed by atoms with van der Waals surface area (Å²) in [7, 11) is 0. The summed E-state index contributed by atoms with van der Waals surface area (Å²) in [5.41, 5.74) is 1.66. The Balaban J connectivity index is 3.08. The zero-order valence-electron chi connectivity index (χ0n) is 9.91. The fourth-order valence-electron chi connectivity index (χ4n) is 1.36. The van der Waals surface area contributed by atoms with Crippen LogP contribution in [-0.2, 0) is 5.41 Å². The maximum Gasteiger partial charge on any atom is 0.153 e. The molecule has 1 aromatic rings. The van der Waals surface area contributed by atoms with Crippen molar-refractivity contribution < 1.29 is 9.53 Å². The van der Waals surface area contributed by atoms with Gasteiger partial charge in [0, 0.05) is 0 Å². The molecule has 0 radical (unpaired) electrons. The molecule has 0 amide bonds. The molecule has 0 N–H and O–H groups in total. The summed E-state index contributed by atoms with van der Waals surface area (Å²) in [5, 5.41) is 0. The molecule has 1 rings (SSSR count). The Bertz CT molecular complexity index is 419. The van der Waals surface area contributed by atoms with Crippen LogP contribution in [0.15, 0.2) is 18.2 Å². The Hall–Kier alpha value is -1.75. The first-order valence-corrected chi connectivity index (χ1v) is 5.15. The molecule has 0 atom stereocenters. The van der Waals surface area contributed by atoms with Crippen LogP contribution in [0, 0.1) is 12.3 Å². The number of terminal acetylenes is 1. The second-order valence-corrected chi connectivity index (χ2v) is 4.61. The third-order valence-corrected chi connectivity index (χ3v) is 2.31. The largest absolute Gasteiger partial charge is 0.480 e. The van der Waals surface area contributed by atoms with E-state index in [0.717, 1.165) is 11.8 Å². The molecule has 0 aliphatic heterocycles. The van der Waals surface area contributed by atoms with Gasteiger partial charge in [0.1, 0.15) is 12.4 Å². The maximum absolute atomic E-state index is 10.9. The van der Waals surface area contributed by atoms with Crippen molar-refractivity contribution in [2.45, 2.75) is 26.2 Å². The van der Waals surface area contributed by atoms with Gasteiger partial charge in [0.05, 0.1) is 5.56 Å². The highest BCUT2D eigenvalue weighted by atomic mass is 16.5. The number of benzene rings is 1. The summed E-state index contributed by atoms with van der Waals surface area (Å²) in [5.74, 6) is 2.92. The van der Waals surface area contributed by atoms with Gasteiger partial charge < -0.3 is 4.74 Å². The number of carbonyl (C=O) groups is 1. The normalized spacial score (nSPS) is 10.6. The minimum Gasteiger partial charge on any atom is -0.480 e. The topological polar surface area (TPSA) is 26.3 Å². The molecule has 2 heteroatoms. The SMILES string of the molecule is C#CCOc1ccc(C(C)(C)C)cc1C=O. The van der Waals surface area contributed by atoms with Crippen LogP contribution >= 0.6 is 0 Å². The predicted molar refractivity (Wildman–Crippen MR) is 64.9 cm³/mol. The fourth-order valence-corrected chi connectivity index (χ4v) is 1.36. The Morgan fingerprint density at radius 3 is 2.62 bits per heavy atom. The van der Waals surface area contributed by atoms with E-state index in [1.807, 2.05) is 12.1 Å². The molecule has 0 aliphatic rings. The lowest BCUT2D eigenvalue weighted by Gasteiger charge is -2.20. The highest BCUT2D eigenvalue weighted by molar-refractivity contribution is 5.79. The molecule has 0 saturated heterocycles. The average Bonchev–Trinajstić information content (AvgIpc) is 2.24. The fraction of sp³-hybridized carbons (Fsp3) is 0.357. The number of aldehydes is 1. The Labute approximate surface area is 96.6 Å². The molecular weight excluding hydrogens is 200 g/mol. The molecule has 0 saturated carbocycles. The summed E-state index contributed by atoms with van der Waals surface area (Å²) in [6.07, 6.45) is 5.90. The number of carbonyl (C=O) groups excluding carboxylic acids is 1. The zero-order chi connectivity index (χ0) is 12.2. The van der Waals surface area contributed by atoms with Crippen LogP contribution in [0.3, 0.4) is 0 Å². The molecule has 0 spiro atoms. The van der Waals surface area contributed by atoms with E-state index >= 15 is 0 Å².